The van der Waals surface area contributed by atoms with Gasteiger partial charge in [0.05, 0.1) is 0 Å². The molecule has 0 saturated heterocycles. The van der Waals surface area contributed by atoms with Gasteiger partial charge in [0.25, 0.3) is 0 Å². The van der Waals surface area contributed by atoms with Crippen molar-refractivity contribution in [3.63, 3.8) is 0 Å². The van der Waals surface area contributed by atoms with Crippen LogP contribution >= 0.6 is 0 Å². The first kappa shape index (κ1) is 19.4. The second-order valence-electron chi connectivity index (χ2n) is 7.72. The largest absolute Gasteiger partial charge is 0.302 e. The van der Waals surface area contributed by atoms with E-state index < -0.39 is 5.41 Å². The summed E-state index contributed by atoms with van der Waals surface area (Å²) in [7, 11) is 0. The van der Waals surface area contributed by atoms with E-state index in [0.717, 1.165) is 36.1 Å². The summed E-state index contributed by atoms with van der Waals surface area (Å²) in [5.41, 5.74) is 4.16. The van der Waals surface area contributed by atoms with Gasteiger partial charge in [-0.1, -0.05) is 62.3 Å². The van der Waals surface area contributed by atoms with Crippen molar-refractivity contribution in [2.75, 3.05) is 6.54 Å². The molecule has 0 radical (unpaired) electrons. The molecule has 1 aliphatic carbocycles. The molecule has 2 unspecified atom stereocenters. The van der Waals surface area contributed by atoms with Crippen molar-refractivity contribution < 1.29 is 4.79 Å². The van der Waals surface area contributed by atoms with Crippen molar-refractivity contribution in [1.82, 2.24) is 0 Å². The van der Waals surface area contributed by atoms with Gasteiger partial charge in [-0.15, -0.1) is 0 Å². The molecule has 2 nitrogen and oxygen atoms in total. The maximum Gasteiger partial charge on any atom is 0.129 e. The Morgan fingerprint density at radius 2 is 2.08 bits per heavy atom. The number of aliphatic imine (C=N–C) groups is 1. The van der Waals surface area contributed by atoms with Crippen molar-refractivity contribution >= 4 is 12.0 Å². The van der Waals surface area contributed by atoms with Gasteiger partial charge in [0.1, 0.15) is 6.29 Å². The van der Waals surface area contributed by atoms with E-state index >= 15 is 0 Å². The monoisotopic (exact) mass is 337 g/mol. The second-order valence-corrected chi connectivity index (χ2v) is 7.72. The summed E-state index contributed by atoms with van der Waals surface area (Å²) in [6, 6.07) is 8.18. The smallest absolute Gasteiger partial charge is 0.129 e. The minimum atomic E-state index is -0.461. The van der Waals surface area contributed by atoms with E-state index in [0.29, 0.717) is 11.8 Å². The Labute approximate surface area is 152 Å². The number of aldehydes is 1. The van der Waals surface area contributed by atoms with E-state index in [1.165, 1.54) is 12.0 Å². The predicted octanol–water partition coefficient (Wildman–Crippen LogP) is 5.52. The van der Waals surface area contributed by atoms with Crippen LogP contribution in [0.3, 0.4) is 0 Å². The van der Waals surface area contributed by atoms with Gasteiger partial charge in [-0.3, -0.25) is 4.99 Å². The van der Waals surface area contributed by atoms with Gasteiger partial charge in [-0.05, 0) is 50.3 Å². The highest BCUT2D eigenvalue weighted by molar-refractivity contribution is 5.99. The molecular weight excluding hydrogens is 306 g/mol. The van der Waals surface area contributed by atoms with Gasteiger partial charge in [0.2, 0.25) is 0 Å². The Balaban J connectivity index is 2.09. The standard InChI is InChI=1S/C23H31NO/c1-6-8-19-11-12-21(17(2)13-19)15-24-18(3)20-9-7-10-22(14-20)23(4,5)16-25/h7,9-14,16-17,21H,6,8,15H2,1-5H3. The van der Waals surface area contributed by atoms with Gasteiger partial charge in [-0.2, -0.15) is 0 Å². The maximum atomic E-state index is 11.3. The molecule has 0 amide bonds. The maximum absolute atomic E-state index is 11.3. The van der Waals surface area contributed by atoms with E-state index in [1.807, 2.05) is 26.0 Å². The van der Waals surface area contributed by atoms with E-state index in [4.69, 9.17) is 4.99 Å². The van der Waals surface area contributed by atoms with Gasteiger partial charge < -0.3 is 4.79 Å². The van der Waals surface area contributed by atoms with Crippen molar-refractivity contribution in [1.29, 1.82) is 0 Å². The second kappa shape index (κ2) is 8.42. The average molecular weight is 338 g/mol. The highest BCUT2D eigenvalue weighted by atomic mass is 16.1. The highest BCUT2D eigenvalue weighted by Crippen LogP contribution is 2.26. The van der Waals surface area contributed by atoms with Crippen molar-refractivity contribution in [3.05, 3.63) is 59.2 Å². The quantitative estimate of drug-likeness (QED) is 0.476. The molecule has 2 atom stereocenters. The zero-order chi connectivity index (χ0) is 18.4. The van der Waals surface area contributed by atoms with Crippen LogP contribution in [0.4, 0.5) is 0 Å². The minimum Gasteiger partial charge on any atom is -0.302 e. The van der Waals surface area contributed by atoms with Crippen LogP contribution in [0.25, 0.3) is 0 Å². The Morgan fingerprint density at radius 3 is 2.72 bits per heavy atom. The first-order chi connectivity index (χ1) is 11.9. The Bertz CT molecular complexity index is 694. The predicted molar refractivity (Wildman–Crippen MR) is 107 cm³/mol. The third-order valence-electron chi connectivity index (χ3n) is 5.11. The van der Waals surface area contributed by atoms with Crippen LogP contribution in [0.15, 0.2) is 53.1 Å². The number of carbonyl (C=O) groups excluding carboxylic acids is 1. The van der Waals surface area contributed by atoms with Crippen LogP contribution < -0.4 is 0 Å². The van der Waals surface area contributed by atoms with Crippen LogP contribution in [-0.4, -0.2) is 18.5 Å². The Hall–Kier alpha value is -1.96. The summed E-state index contributed by atoms with van der Waals surface area (Å²) < 4.78 is 0. The summed E-state index contributed by atoms with van der Waals surface area (Å²) in [5, 5.41) is 0. The minimum absolute atomic E-state index is 0.461. The zero-order valence-electron chi connectivity index (χ0n) is 16.3. The lowest BCUT2D eigenvalue weighted by atomic mass is 9.85. The molecule has 0 bridgehead atoms. The molecule has 0 heterocycles. The normalized spacial score (nSPS) is 21.2. The molecule has 0 spiro atoms. The van der Waals surface area contributed by atoms with Gasteiger partial charge in [0, 0.05) is 23.6 Å². The molecule has 1 aliphatic rings. The first-order valence-electron chi connectivity index (χ1n) is 9.34. The van der Waals surface area contributed by atoms with Crippen LogP contribution in [0, 0.1) is 11.8 Å². The molecule has 134 valence electrons. The Kier molecular flexibility index (Phi) is 6.52. The fourth-order valence-corrected chi connectivity index (χ4v) is 3.17. The number of hydrogen-bond acceptors (Lipinski definition) is 2. The molecule has 0 aliphatic heterocycles. The van der Waals surface area contributed by atoms with Crippen molar-refractivity contribution in [3.8, 4) is 0 Å². The van der Waals surface area contributed by atoms with Gasteiger partial charge in [-0.25, -0.2) is 0 Å². The number of hydrogen-bond donors (Lipinski definition) is 0. The third kappa shape index (κ3) is 5.01. The van der Waals surface area contributed by atoms with Crippen LogP contribution in [0.5, 0.6) is 0 Å². The lowest BCUT2D eigenvalue weighted by Gasteiger charge is -2.22. The molecule has 2 heteroatoms. The average Bonchev–Trinajstić information content (AvgIpc) is 2.61. The van der Waals surface area contributed by atoms with E-state index in [2.05, 4.69) is 51.1 Å². The van der Waals surface area contributed by atoms with Crippen molar-refractivity contribution in [2.45, 2.75) is 52.9 Å². The molecule has 1 aromatic rings. The molecule has 0 aromatic heterocycles. The molecule has 1 aromatic carbocycles. The zero-order valence-corrected chi connectivity index (χ0v) is 16.3. The summed E-state index contributed by atoms with van der Waals surface area (Å²) in [4.78, 5) is 16.1. The summed E-state index contributed by atoms with van der Waals surface area (Å²) >= 11 is 0. The third-order valence-corrected chi connectivity index (χ3v) is 5.11. The fraction of sp³-hybridized carbons (Fsp3) is 0.478. The molecular formula is C23H31NO. The number of allylic oxidation sites excluding steroid dienone is 3. The van der Waals surface area contributed by atoms with E-state index in [-0.39, 0.29) is 0 Å². The topological polar surface area (TPSA) is 29.4 Å². The molecule has 2 rings (SSSR count). The number of carbonyl (C=O) groups is 1. The Morgan fingerprint density at radius 1 is 1.32 bits per heavy atom. The first-order valence-corrected chi connectivity index (χ1v) is 9.34. The van der Waals surface area contributed by atoms with E-state index in [1.54, 1.807) is 0 Å². The van der Waals surface area contributed by atoms with Gasteiger partial charge in [0.15, 0.2) is 0 Å². The lowest BCUT2D eigenvalue weighted by molar-refractivity contribution is -0.111. The molecule has 0 N–H and O–H groups in total. The van der Waals surface area contributed by atoms with Gasteiger partial charge >= 0.3 is 0 Å². The van der Waals surface area contributed by atoms with Crippen molar-refractivity contribution in [2.24, 2.45) is 16.8 Å². The SMILES string of the molecule is CCCC1=CC(C)C(CN=C(C)c2cccc(C(C)(C)C=O)c2)C=C1. The molecule has 0 saturated carbocycles. The fourth-order valence-electron chi connectivity index (χ4n) is 3.17. The molecule has 25 heavy (non-hydrogen) atoms. The highest BCUT2D eigenvalue weighted by Gasteiger charge is 2.20. The summed E-state index contributed by atoms with van der Waals surface area (Å²) in [6.45, 7) is 11.3. The van der Waals surface area contributed by atoms with E-state index in [9.17, 15) is 4.79 Å². The molecule has 0 fully saturated rings. The summed E-state index contributed by atoms with van der Waals surface area (Å²) in [5.74, 6) is 0.994. The van der Waals surface area contributed by atoms with Crippen LogP contribution in [0.1, 0.15) is 58.6 Å². The van der Waals surface area contributed by atoms with Crippen LogP contribution in [-0.2, 0) is 10.2 Å². The van der Waals surface area contributed by atoms with Crippen LogP contribution in [0.2, 0.25) is 0 Å². The number of rotatable bonds is 7. The number of nitrogens with zero attached hydrogens (tertiary/aromatic N) is 1. The summed E-state index contributed by atoms with van der Waals surface area (Å²) in [6.07, 6.45) is 10.3. The number of benzene rings is 1. The lowest BCUT2D eigenvalue weighted by Crippen LogP contribution is -2.19.